The average molecular weight is 305 g/mol. The normalized spacial score (nSPS) is 10.1. The molecule has 0 aromatic heterocycles. The summed E-state index contributed by atoms with van der Waals surface area (Å²) in [6.07, 6.45) is 0. The summed E-state index contributed by atoms with van der Waals surface area (Å²) in [5.74, 6) is 0.839. The van der Waals surface area contributed by atoms with Gasteiger partial charge in [-0.15, -0.1) is 0 Å². The quantitative estimate of drug-likeness (QED) is 0.672. The molecule has 0 saturated heterocycles. The van der Waals surface area contributed by atoms with E-state index in [1.165, 1.54) is 0 Å². The molecule has 0 unspecified atom stereocenters. The fourth-order valence-corrected chi connectivity index (χ4v) is 2.01. The van der Waals surface area contributed by atoms with Crippen molar-refractivity contribution in [1.82, 2.24) is 0 Å². The zero-order valence-electron chi connectivity index (χ0n) is 9.69. The summed E-state index contributed by atoms with van der Waals surface area (Å²) in [5, 5.41) is 7.51. The lowest BCUT2D eigenvalue weighted by Crippen LogP contribution is -2.14. The van der Waals surface area contributed by atoms with Crippen LogP contribution in [-0.4, -0.2) is 5.84 Å². The summed E-state index contributed by atoms with van der Waals surface area (Å²) in [7, 11) is 0. The van der Waals surface area contributed by atoms with Crippen LogP contribution in [0.25, 0.3) is 0 Å². The molecule has 0 amide bonds. The number of nitrogens with one attached hydrogen (secondary N) is 1. The molecule has 0 aliphatic heterocycles. The van der Waals surface area contributed by atoms with Gasteiger partial charge >= 0.3 is 0 Å². The second kappa shape index (κ2) is 5.69. The van der Waals surface area contributed by atoms with Crippen molar-refractivity contribution in [3.05, 3.63) is 64.1 Å². The van der Waals surface area contributed by atoms with Gasteiger partial charge in [-0.25, -0.2) is 0 Å². The second-order valence-electron chi connectivity index (χ2n) is 3.82. The summed E-state index contributed by atoms with van der Waals surface area (Å²) >= 11 is 3.39. The van der Waals surface area contributed by atoms with Crippen LogP contribution >= 0.6 is 15.9 Å². The molecule has 0 spiro atoms. The van der Waals surface area contributed by atoms with Crippen molar-refractivity contribution in [3.63, 3.8) is 0 Å². The predicted octanol–water partition coefficient (Wildman–Crippen LogP) is 3.31. The highest BCUT2D eigenvalue weighted by Crippen LogP contribution is 2.19. The Hall–Kier alpha value is -1.81. The van der Waals surface area contributed by atoms with Crippen molar-refractivity contribution in [2.24, 2.45) is 5.73 Å². The third kappa shape index (κ3) is 3.11. The van der Waals surface area contributed by atoms with E-state index in [1.807, 2.05) is 48.5 Å². The fraction of sp³-hybridized carbons (Fsp3) is 0.0714. The van der Waals surface area contributed by atoms with Crippen LogP contribution in [-0.2, 0) is 6.61 Å². The maximum absolute atomic E-state index is 7.51. The van der Waals surface area contributed by atoms with Crippen molar-refractivity contribution in [2.75, 3.05) is 0 Å². The lowest BCUT2D eigenvalue weighted by Gasteiger charge is -2.10. The molecule has 2 aromatic carbocycles. The average Bonchev–Trinajstić information content (AvgIpc) is 2.37. The van der Waals surface area contributed by atoms with Crippen LogP contribution in [0.15, 0.2) is 53.0 Å². The lowest BCUT2D eigenvalue weighted by atomic mass is 10.1. The zero-order valence-corrected chi connectivity index (χ0v) is 11.3. The van der Waals surface area contributed by atoms with Crippen molar-refractivity contribution in [3.8, 4) is 5.75 Å². The number of amidine groups is 1. The van der Waals surface area contributed by atoms with Crippen LogP contribution < -0.4 is 10.5 Å². The van der Waals surface area contributed by atoms with E-state index in [0.29, 0.717) is 12.2 Å². The van der Waals surface area contributed by atoms with Gasteiger partial charge in [0.05, 0.1) is 0 Å². The van der Waals surface area contributed by atoms with E-state index in [4.69, 9.17) is 15.9 Å². The third-order valence-corrected chi connectivity index (χ3v) is 2.99. The van der Waals surface area contributed by atoms with Crippen LogP contribution in [0, 0.1) is 5.41 Å². The molecule has 0 radical (unpaired) electrons. The number of ether oxygens (including phenoxy) is 1. The predicted molar refractivity (Wildman–Crippen MR) is 75.9 cm³/mol. The molecular formula is C14H13BrN2O. The molecule has 0 fully saturated rings. The maximum Gasteiger partial charge on any atom is 0.123 e. The Morgan fingerprint density at radius 1 is 1.17 bits per heavy atom. The highest BCUT2D eigenvalue weighted by molar-refractivity contribution is 9.10. The van der Waals surface area contributed by atoms with Crippen molar-refractivity contribution < 1.29 is 4.74 Å². The third-order valence-electron chi connectivity index (χ3n) is 2.50. The van der Waals surface area contributed by atoms with Gasteiger partial charge in [0.25, 0.3) is 0 Å². The van der Waals surface area contributed by atoms with Crippen LogP contribution in [0.2, 0.25) is 0 Å². The Kier molecular flexibility index (Phi) is 3.99. The van der Waals surface area contributed by atoms with Gasteiger partial charge in [0.2, 0.25) is 0 Å². The molecule has 0 atom stereocenters. The highest BCUT2D eigenvalue weighted by Gasteiger charge is 2.05. The number of hydrogen-bond donors (Lipinski definition) is 2. The lowest BCUT2D eigenvalue weighted by molar-refractivity contribution is 0.306. The van der Waals surface area contributed by atoms with E-state index in [9.17, 15) is 0 Å². The van der Waals surface area contributed by atoms with Crippen LogP contribution in [0.5, 0.6) is 5.75 Å². The SMILES string of the molecule is N=C(N)c1ccccc1COc1cccc(Br)c1. The Morgan fingerprint density at radius 2 is 1.94 bits per heavy atom. The summed E-state index contributed by atoms with van der Waals surface area (Å²) in [4.78, 5) is 0. The van der Waals surface area contributed by atoms with Gasteiger partial charge in [-0.2, -0.15) is 0 Å². The first kappa shape index (κ1) is 12.6. The second-order valence-corrected chi connectivity index (χ2v) is 4.73. The van der Waals surface area contributed by atoms with E-state index >= 15 is 0 Å². The van der Waals surface area contributed by atoms with Gasteiger partial charge in [-0.3, -0.25) is 5.41 Å². The Morgan fingerprint density at radius 3 is 2.67 bits per heavy atom. The number of benzene rings is 2. The van der Waals surface area contributed by atoms with Gasteiger partial charge < -0.3 is 10.5 Å². The molecule has 3 nitrogen and oxygen atoms in total. The first-order chi connectivity index (χ1) is 8.66. The molecule has 0 aliphatic rings. The van der Waals surface area contributed by atoms with Gasteiger partial charge in [-0.1, -0.05) is 46.3 Å². The largest absolute Gasteiger partial charge is 0.489 e. The number of rotatable bonds is 4. The first-order valence-electron chi connectivity index (χ1n) is 5.47. The smallest absolute Gasteiger partial charge is 0.123 e. The molecule has 2 rings (SSSR count). The van der Waals surface area contributed by atoms with Gasteiger partial charge in [0.15, 0.2) is 0 Å². The standard InChI is InChI=1S/C14H13BrN2O/c15-11-5-3-6-12(8-11)18-9-10-4-1-2-7-13(10)14(16)17/h1-8H,9H2,(H3,16,17). The number of hydrogen-bond acceptors (Lipinski definition) is 2. The topological polar surface area (TPSA) is 59.1 Å². The minimum Gasteiger partial charge on any atom is -0.489 e. The molecule has 4 heteroatoms. The van der Waals surface area contributed by atoms with Gasteiger partial charge in [0.1, 0.15) is 18.2 Å². The van der Waals surface area contributed by atoms with Crippen LogP contribution in [0.4, 0.5) is 0 Å². The molecule has 18 heavy (non-hydrogen) atoms. The molecule has 0 saturated carbocycles. The Bertz CT molecular complexity index is 569. The van der Waals surface area contributed by atoms with Crippen LogP contribution in [0.1, 0.15) is 11.1 Å². The van der Waals surface area contributed by atoms with E-state index in [1.54, 1.807) is 0 Å². The van der Waals surface area contributed by atoms with Gasteiger partial charge in [-0.05, 0) is 18.2 Å². The fourth-order valence-electron chi connectivity index (χ4n) is 1.63. The van der Waals surface area contributed by atoms with Crippen molar-refractivity contribution >= 4 is 21.8 Å². The zero-order chi connectivity index (χ0) is 13.0. The minimum atomic E-state index is 0.0587. The van der Waals surface area contributed by atoms with E-state index in [-0.39, 0.29) is 5.84 Å². The summed E-state index contributed by atoms with van der Waals surface area (Å²) in [6.45, 7) is 0.395. The number of nitrogens with two attached hydrogens (primary N) is 1. The van der Waals surface area contributed by atoms with E-state index in [2.05, 4.69) is 15.9 Å². The van der Waals surface area contributed by atoms with Crippen molar-refractivity contribution in [2.45, 2.75) is 6.61 Å². The summed E-state index contributed by atoms with van der Waals surface area (Å²) in [6, 6.07) is 15.1. The van der Waals surface area contributed by atoms with Crippen molar-refractivity contribution in [1.29, 1.82) is 5.41 Å². The van der Waals surface area contributed by atoms with E-state index in [0.717, 1.165) is 15.8 Å². The van der Waals surface area contributed by atoms with Gasteiger partial charge in [0, 0.05) is 15.6 Å². The molecule has 0 bridgehead atoms. The first-order valence-corrected chi connectivity index (χ1v) is 6.27. The summed E-state index contributed by atoms with van der Waals surface area (Å²) < 4.78 is 6.65. The molecule has 0 aliphatic carbocycles. The summed E-state index contributed by atoms with van der Waals surface area (Å²) in [5.41, 5.74) is 7.15. The maximum atomic E-state index is 7.51. The molecule has 0 heterocycles. The molecular weight excluding hydrogens is 292 g/mol. The molecule has 2 aromatic rings. The Labute approximate surface area is 114 Å². The number of halogens is 1. The molecule has 92 valence electrons. The van der Waals surface area contributed by atoms with Crippen LogP contribution in [0.3, 0.4) is 0 Å². The highest BCUT2D eigenvalue weighted by atomic mass is 79.9. The monoisotopic (exact) mass is 304 g/mol. The molecule has 3 N–H and O–H groups in total. The Balaban J connectivity index is 2.13. The minimum absolute atomic E-state index is 0.0587. The van der Waals surface area contributed by atoms with E-state index < -0.39 is 0 Å². The number of nitrogen functional groups attached to an aromatic ring is 1.